The quantitative estimate of drug-likeness (QED) is 0.763. The minimum Gasteiger partial charge on any atom is -0.496 e. The van der Waals surface area contributed by atoms with Crippen molar-refractivity contribution in [2.24, 2.45) is 0 Å². The number of carbonyl (C=O) groups is 1. The molecule has 0 aromatic heterocycles. The van der Waals surface area contributed by atoms with Crippen molar-refractivity contribution < 1.29 is 14.3 Å². The second kappa shape index (κ2) is 6.83. The van der Waals surface area contributed by atoms with E-state index in [4.69, 9.17) is 32.7 Å². The summed E-state index contributed by atoms with van der Waals surface area (Å²) in [6.07, 6.45) is 0.187. The summed E-state index contributed by atoms with van der Waals surface area (Å²) in [5.41, 5.74) is 1.17. The number of rotatable bonds is 5. The molecule has 0 saturated heterocycles. The highest BCUT2D eigenvalue weighted by Gasteiger charge is 2.16. The largest absolute Gasteiger partial charge is 0.496 e. The minimum absolute atomic E-state index is 0.131. The Balaban J connectivity index is 2.31. The second-order valence-corrected chi connectivity index (χ2v) is 5.19. The lowest BCUT2D eigenvalue weighted by atomic mass is 10.0. The first-order valence-corrected chi connectivity index (χ1v) is 7.00. The minimum atomic E-state index is -0.131. The number of para-hydroxylation sites is 1. The molecule has 0 aliphatic heterocycles. The lowest BCUT2D eigenvalue weighted by molar-refractivity contribution is 0.0992. The van der Waals surface area contributed by atoms with Crippen molar-refractivity contribution in [3.05, 3.63) is 57.6 Å². The Morgan fingerprint density at radius 3 is 2.33 bits per heavy atom. The first kappa shape index (κ1) is 15.7. The van der Waals surface area contributed by atoms with Crippen LogP contribution < -0.4 is 9.47 Å². The summed E-state index contributed by atoms with van der Waals surface area (Å²) in [6.45, 7) is 0. The predicted molar refractivity (Wildman–Crippen MR) is 84.0 cm³/mol. The van der Waals surface area contributed by atoms with E-state index in [2.05, 4.69) is 0 Å². The maximum Gasteiger partial charge on any atom is 0.168 e. The lowest BCUT2D eigenvalue weighted by Gasteiger charge is -2.10. The average Bonchev–Trinajstić information content (AvgIpc) is 2.49. The molecule has 0 amide bonds. The van der Waals surface area contributed by atoms with Crippen molar-refractivity contribution >= 4 is 29.0 Å². The van der Waals surface area contributed by atoms with Gasteiger partial charge in [-0.15, -0.1) is 0 Å². The highest BCUT2D eigenvalue weighted by molar-refractivity contribution is 6.36. The van der Waals surface area contributed by atoms with Crippen LogP contribution in [0.3, 0.4) is 0 Å². The summed E-state index contributed by atoms with van der Waals surface area (Å²) in [4.78, 5) is 12.4. The van der Waals surface area contributed by atoms with Crippen molar-refractivity contribution in [1.82, 2.24) is 0 Å². The Hall–Kier alpha value is -1.71. The van der Waals surface area contributed by atoms with E-state index in [1.165, 1.54) is 13.2 Å². The van der Waals surface area contributed by atoms with Gasteiger partial charge in [0.15, 0.2) is 5.78 Å². The molecule has 2 aromatic carbocycles. The highest BCUT2D eigenvalue weighted by Crippen LogP contribution is 2.32. The monoisotopic (exact) mass is 324 g/mol. The Labute approximate surface area is 133 Å². The molecule has 0 heterocycles. The van der Waals surface area contributed by atoms with E-state index in [0.29, 0.717) is 27.1 Å². The van der Waals surface area contributed by atoms with Crippen molar-refractivity contribution in [3.63, 3.8) is 0 Å². The molecule has 2 rings (SSSR count). The second-order valence-electron chi connectivity index (χ2n) is 4.38. The first-order chi connectivity index (χ1) is 10.1. The highest BCUT2D eigenvalue weighted by atomic mass is 35.5. The number of ether oxygens (including phenoxy) is 2. The number of halogens is 2. The van der Waals surface area contributed by atoms with Crippen molar-refractivity contribution in [2.75, 3.05) is 14.2 Å². The number of hydrogen-bond acceptors (Lipinski definition) is 3. The molecule has 0 N–H and O–H groups in total. The summed E-state index contributed by atoms with van der Waals surface area (Å²) < 4.78 is 10.3. The van der Waals surface area contributed by atoms with Crippen LogP contribution in [0.25, 0.3) is 0 Å². The van der Waals surface area contributed by atoms with Gasteiger partial charge in [-0.1, -0.05) is 41.4 Å². The van der Waals surface area contributed by atoms with Crippen LogP contribution in [-0.2, 0) is 6.42 Å². The number of ketones is 1. The van der Waals surface area contributed by atoms with Crippen LogP contribution in [0.1, 0.15) is 15.9 Å². The Morgan fingerprint density at radius 2 is 1.67 bits per heavy atom. The maximum atomic E-state index is 12.4. The van der Waals surface area contributed by atoms with Crippen LogP contribution in [0.4, 0.5) is 0 Å². The maximum absolute atomic E-state index is 12.4. The average molecular weight is 325 g/mol. The van der Waals surface area contributed by atoms with Crippen LogP contribution in [0, 0.1) is 0 Å². The van der Waals surface area contributed by atoms with Crippen LogP contribution in [0.15, 0.2) is 36.4 Å². The van der Waals surface area contributed by atoms with Gasteiger partial charge >= 0.3 is 0 Å². The molecular weight excluding hydrogens is 311 g/mol. The molecule has 0 bridgehead atoms. The third-order valence-corrected chi connectivity index (χ3v) is 3.69. The van der Waals surface area contributed by atoms with Gasteiger partial charge in [0.2, 0.25) is 0 Å². The molecule has 0 aliphatic rings. The van der Waals surface area contributed by atoms with Gasteiger partial charge in [-0.3, -0.25) is 4.79 Å². The fraction of sp³-hybridized carbons (Fsp3) is 0.188. The topological polar surface area (TPSA) is 35.5 Å². The molecule has 5 heteroatoms. The van der Waals surface area contributed by atoms with Gasteiger partial charge in [-0.2, -0.15) is 0 Å². The summed E-state index contributed by atoms with van der Waals surface area (Å²) in [5, 5.41) is 0.668. The van der Waals surface area contributed by atoms with Gasteiger partial charge in [0.1, 0.15) is 11.5 Å². The van der Waals surface area contributed by atoms with E-state index in [9.17, 15) is 4.79 Å². The third-order valence-electron chi connectivity index (χ3n) is 3.09. The third kappa shape index (κ3) is 3.49. The summed E-state index contributed by atoms with van der Waals surface area (Å²) in [5.74, 6) is 0.978. The Bertz CT molecular complexity index is 669. The molecule has 0 saturated carbocycles. The van der Waals surface area contributed by atoms with Crippen LogP contribution in [0.2, 0.25) is 10.0 Å². The fourth-order valence-corrected chi connectivity index (χ4v) is 2.52. The first-order valence-electron chi connectivity index (χ1n) is 6.25. The van der Waals surface area contributed by atoms with Crippen LogP contribution in [-0.4, -0.2) is 20.0 Å². The molecule has 110 valence electrons. The molecule has 21 heavy (non-hydrogen) atoms. The summed E-state index contributed by atoms with van der Waals surface area (Å²) in [7, 11) is 3.06. The fourth-order valence-electron chi connectivity index (χ4n) is 2.02. The molecule has 0 atom stereocenters. The van der Waals surface area contributed by atoms with Gasteiger partial charge < -0.3 is 9.47 Å². The van der Waals surface area contributed by atoms with E-state index in [1.54, 1.807) is 13.2 Å². The predicted octanol–water partition coefficient (Wildman–Crippen LogP) is 4.44. The Kier molecular flexibility index (Phi) is 5.10. The zero-order valence-corrected chi connectivity index (χ0v) is 13.2. The van der Waals surface area contributed by atoms with Crippen molar-refractivity contribution in [2.45, 2.75) is 6.42 Å². The van der Waals surface area contributed by atoms with E-state index in [0.717, 1.165) is 5.56 Å². The molecule has 0 unspecified atom stereocenters. The molecule has 2 aromatic rings. The van der Waals surface area contributed by atoms with Crippen molar-refractivity contribution in [3.8, 4) is 11.5 Å². The SMILES string of the molecule is COc1cc(Cl)c(C(=O)Cc2ccccc2OC)cc1Cl. The molecule has 0 aliphatic carbocycles. The zero-order chi connectivity index (χ0) is 15.4. The van der Waals surface area contributed by atoms with Crippen LogP contribution in [0.5, 0.6) is 11.5 Å². The number of methoxy groups -OCH3 is 2. The lowest BCUT2D eigenvalue weighted by Crippen LogP contribution is -2.06. The van der Waals surface area contributed by atoms with Gasteiger partial charge in [0, 0.05) is 23.6 Å². The van der Waals surface area contributed by atoms with Gasteiger partial charge in [-0.05, 0) is 12.1 Å². The van der Waals surface area contributed by atoms with Gasteiger partial charge in [-0.25, -0.2) is 0 Å². The summed E-state index contributed by atoms with van der Waals surface area (Å²) in [6, 6.07) is 10.4. The standard InChI is InChI=1S/C16H14Cl2O3/c1-20-15-6-4-3-5-10(15)7-14(19)11-8-13(18)16(21-2)9-12(11)17/h3-6,8-9H,7H2,1-2H3. The van der Waals surface area contributed by atoms with E-state index < -0.39 is 0 Å². The number of benzene rings is 2. The van der Waals surface area contributed by atoms with Crippen molar-refractivity contribution in [1.29, 1.82) is 0 Å². The van der Waals surface area contributed by atoms with Gasteiger partial charge in [0.25, 0.3) is 0 Å². The van der Waals surface area contributed by atoms with E-state index in [-0.39, 0.29) is 12.2 Å². The normalized spacial score (nSPS) is 10.3. The number of hydrogen-bond donors (Lipinski definition) is 0. The van der Waals surface area contributed by atoms with Gasteiger partial charge in [0.05, 0.1) is 24.3 Å². The number of carbonyl (C=O) groups excluding carboxylic acids is 1. The van der Waals surface area contributed by atoms with E-state index >= 15 is 0 Å². The van der Waals surface area contributed by atoms with E-state index in [1.807, 2.05) is 24.3 Å². The molecular formula is C16H14Cl2O3. The molecule has 3 nitrogen and oxygen atoms in total. The zero-order valence-electron chi connectivity index (χ0n) is 11.7. The molecule has 0 fully saturated rings. The Morgan fingerprint density at radius 1 is 1.00 bits per heavy atom. The number of Topliss-reactive ketones (excluding diaryl/α,β-unsaturated/α-hetero) is 1. The molecule has 0 spiro atoms. The molecule has 0 radical (unpaired) electrons. The summed E-state index contributed by atoms with van der Waals surface area (Å²) >= 11 is 12.2. The van der Waals surface area contributed by atoms with Crippen LogP contribution >= 0.6 is 23.2 Å². The smallest absolute Gasteiger partial charge is 0.168 e.